The van der Waals surface area contributed by atoms with Gasteiger partial charge in [0.05, 0.1) is 5.92 Å². The second-order valence-corrected chi connectivity index (χ2v) is 8.46. The van der Waals surface area contributed by atoms with Crippen LogP contribution in [0.25, 0.3) is 0 Å². The highest BCUT2D eigenvalue weighted by Crippen LogP contribution is 2.46. The van der Waals surface area contributed by atoms with Gasteiger partial charge in [0.2, 0.25) is 6.54 Å². The number of benzene rings is 3. The van der Waals surface area contributed by atoms with Crippen molar-refractivity contribution in [2.24, 2.45) is 5.92 Å². The first-order chi connectivity index (χ1) is 15.2. The Morgan fingerprint density at radius 2 is 1.71 bits per heavy atom. The lowest BCUT2D eigenvalue weighted by Gasteiger charge is -2.48. The van der Waals surface area contributed by atoms with Crippen LogP contribution >= 0.6 is 0 Å². The van der Waals surface area contributed by atoms with Gasteiger partial charge >= 0.3 is 0 Å². The van der Waals surface area contributed by atoms with Gasteiger partial charge in [-0.25, -0.2) is 0 Å². The summed E-state index contributed by atoms with van der Waals surface area (Å²) in [7, 11) is 0. The smallest absolute Gasteiger partial charge is 0.211 e. The molecule has 2 aliphatic rings. The molecule has 0 N–H and O–H groups in total. The van der Waals surface area contributed by atoms with E-state index in [1.54, 1.807) is 0 Å². The molecule has 3 aromatic carbocycles. The fourth-order valence-corrected chi connectivity index (χ4v) is 5.21. The van der Waals surface area contributed by atoms with Crippen molar-refractivity contribution in [3.05, 3.63) is 106 Å². The van der Waals surface area contributed by atoms with Gasteiger partial charge in [-0.1, -0.05) is 66.7 Å². The lowest BCUT2D eigenvalue weighted by atomic mass is 9.77. The molecule has 0 amide bonds. The third kappa shape index (κ3) is 3.88. The van der Waals surface area contributed by atoms with E-state index >= 15 is 0 Å². The number of nitrogens with zero attached hydrogens (tertiary/aromatic N) is 2. The number of piperidine rings is 1. The van der Waals surface area contributed by atoms with Gasteiger partial charge in [0.25, 0.3) is 0 Å². The first kappa shape index (κ1) is 19.6. The minimum Gasteiger partial charge on any atom is -0.470 e. The van der Waals surface area contributed by atoms with Crippen LogP contribution in [0.1, 0.15) is 35.4 Å². The molecule has 0 spiro atoms. The van der Waals surface area contributed by atoms with Crippen molar-refractivity contribution < 1.29 is 9.66 Å². The van der Waals surface area contributed by atoms with E-state index in [4.69, 9.17) is 4.74 Å². The molecule has 1 fully saturated rings. The number of ether oxygens (including phenoxy) is 1. The highest BCUT2D eigenvalue weighted by Gasteiger charge is 2.45. The number of hydrogen-bond donors (Lipinski definition) is 0. The van der Waals surface area contributed by atoms with Gasteiger partial charge < -0.3 is 9.64 Å². The third-order valence-electron chi connectivity index (χ3n) is 6.58. The normalized spacial score (nSPS) is 22.2. The number of hydrogen-bond acceptors (Lipinski definition) is 4. The first-order valence-corrected chi connectivity index (χ1v) is 11.0. The van der Waals surface area contributed by atoms with Gasteiger partial charge in [0, 0.05) is 28.6 Å². The van der Waals surface area contributed by atoms with Gasteiger partial charge in [-0.15, -0.1) is 0 Å². The van der Waals surface area contributed by atoms with Crippen molar-refractivity contribution in [2.75, 3.05) is 18.0 Å². The summed E-state index contributed by atoms with van der Waals surface area (Å²) in [6.07, 6.45) is 2.60. The highest BCUT2D eigenvalue weighted by atomic mass is 16.6. The number of nitro groups is 1. The van der Waals surface area contributed by atoms with Crippen LogP contribution in [-0.2, 0) is 6.42 Å². The van der Waals surface area contributed by atoms with E-state index in [0.717, 1.165) is 37.1 Å². The maximum absolute atomic E-state index is 11.5. The van der Waals surface area contributed by atoms with Crippen molar-refractivity contribution in [3.8, 4) is 5.75 Å². The molecule has 5 nitrogen and oxygen atoms in total. The number of para-hydroxylation sites is 2. The molecule has 0 unspecified atom stereocenters. The second kappa shape index (κ2) is 8.42. The lowest BCUT2D eigenvalue weighted by molar-refractivity contribution is -0.485. The minimum atomic E-state index is -0.189. The standard InChI is InChI=1S/C26H26N2O3/c29-28(30)18-23-21-12-5-7-15-25(21)31-26-22(23)13-8-16-27(26)24-14-6-4-11-20(24)17-19-9-2-1-3-10-19/h1-7,9-12,14-15,22-23,26H,8,13,16-18H2/t22-,23+,26+/m0/s1. The molecular weight excluding hydrogens is 388 g/mol. The molecule has 0 aromatic heterocycles. The fourth-order valence-electron chi connectivity index (χ4n) is 5.21. The van der Waals surface area contributed by atoms with E-state index in [9.17, 15) is 10.1 Å². The molecule has 0 bridgehead atoms. The molecule has 3 aromatic rings. The van der Waals surface area contributed by atoms with Crippen LogP contribution in [0.15, 0.2) is 78.9 Å². The average Bonchev–Trinajstić information content (AvgIpc) is 2.79. The van der Waals surface area contributed by atoms with Crippen LogP contribution in [0.4, 0.5) is 5.69 Å². The fraction of sp³-hybridized carbons (Fsp3) is 0.308. The summed E-state index contributed by atoms with van der Waals surface area (Å²) >= 11 is 0. The topological polar surface area (TPSA) is 55.6 Å². The third-order valence-corrected chi connectivity index (χ3v) is 6.58. The van der Waals surface area contributed by atoms with Gasteiger partial charge in [0.15, 0.2) is 6.23 Å². The van der Waals surface area contributed by atoms with Crippen LogP contribution in [0.5, 0.6) is 5.75 Å². The van der Waals surface area contributed by atoms with E-state index in [1.165, 1.54) is 16.8 Å². The molecule has 0 saturated carbocycles. The summed E-state index contributed by atoms with van der Waals surface area (Å²) in [5.74, 6) is 0.746. The molecule has 31 heavy (non-hydrogen) atoms. The molecule has 5 heteroatoms. The number of fused-ring (bicyclic) bond motifs is 2. The van der Waals surface area contributed by atoms with E-state index in [0.29, 0.717) is 0 Å². The zero-order valence-electron chi connectivity index (χ0n) is 17.4. The van der Waals surface area contributed by atoms with Crippen LogP contribution < -0.4 is 9.64 Å². The van der Waals surface area contributed by atoms with Crippen molar-refractivity contribution >= 4 is 5.69 Å². The van der Waals surface area contributed by atoms with Gasteiger partial charge in [0.1, 0.15) is 5.75 Å². The van der Waals surface area contributed by atoms with Crippen molar-refractivity contribution in [2.45, 2.75) is 31.4 Å². The van der Waals surface area contributed by atoms with E-state index in [1.807, 2.05) is 30.3 Å². The molecule has 0 aliphatic carbocycles. The van der Waals surface area contributed by atoms with Crippen LogP contribution in [0.2, 0.25) is 0 Å². The second-order valence-electron chi connectivity index (χ2n) is 8.46. The molecule has 0 radical (unpaired) electrons. The first-order valence-electron chi connectivity index (χ1n) is 11.0. The Bertz CT molecular complexity index is 1070. The van der Waals surface area contributed by atoms with Crippen LogP contribution in [-0.4, -0.2) is 24.2 Å². The Kier molecular flexibility index (Phi) is 5.33. The summed E-state index contributed by atoms with van der Waals surface area (Å²) in [5, 5.41) is 11.5. The monoisotopic (exact) mass is 414 g/mol. The Morgan fingerprint density at radius 3 is 2.55 bits per heavy atom. The van der Waals surface area contributed by atoms with Gasteiger partial charge in [-0.2, -0.15) is 0 Å². The Balaban J connectivity index is 1.52. The zero-order chi connectivity index (χ0) is 21.2. The van der Waals surface area contributed by atoms with E-state index < -0.39 is 0 Å². The maximum Gasteiger partial charge on any atom is 0.211 e. The molecule has 2 heterocycles. The maximum atomic E-state index is 11.5. The Morgan fingerprint density at radius 1 is 0.968 bits per heavy atom. The van der Waals surface area contributed by atoms with Crippen molar-refractivity contribution in [1.29, 1.82) is 0 Å². The molecular formula is C26H26N2O3. The largest absolute Gasteiger partial charge is 0.470 e. The lowest BCUT2D eigenvalue weighted by Crippen LogP contribution is -2.53. The highest BCUT2D eigenvalue weighted by molar-refractivity contribution is 5.57. The number of rotatable bonds is 5. The zero-order valence-corrected chi connectivity index (χ0v) is 17.4. The predicted octanol–water partition coefficient (Wildman–Crippen LogP) is 5.27. The van der Waals surface area contributed by atoms with Crippen LogP contribution in [0.3, 0.4) is 0 Å². The molecule has 158 valence electrons. The van der Waals surface area contributed by atoms with Crippen molar-refractivity contribution in [3.63, 3.8) is 0 Å². The summed E-state index contributed by atoms with van der Waals surface area (Å²) in [6.45, 7) is 0.835. The summed E-state index contributed by atoms with van der Waals surface area (Å²) in [5.41, 5.74) is 4.66. The Labute approximate surface area is 182 Å². The Hall–Kier alpha value is -3.34. The molecule has 2 aliphatic heterocycles. The quantitative estimate of drug-likeness (QED) is 0.421. The summed E-state index contributed by atoms with van der Waals surface area (Å²) in [4.78, 5) is 13.7. The summed E-state index contributed by atoms with van der Waals surface area (Å²) < 4.78 is 6.52. The van der Waals surface area contributed by atoms with Gasteiger partial charge in [-0.05, 0) is 42.5 Å². The summed E-state index contributed by atoms with van der Waals surface area (Å²) in [6, 6.07) is 26.8. The molecule has 3 atom stereocenters. The van der Waals surface area contributed by atoms with Crippen molar-refractivity contribution in [1.82, 2.24) is 0 Å². The average molecular weight is 415 g/mol. The molecule has 1 saturated heterocycles. The minimum absolute atomic E-state index is 0.0545. The van der Waals surface area contributed by atoms with E-state index in [2.05, 4.69) is 53.4 Å². The van der Waals surface area contributed by atoms with Crippen LogP contribution in [0, 0.1) is 16.0 Å². The molecule has 5 rings (SSSR count). The van der Waals surface area contributed by atoms with Gasteiger partial charge in [-0.3, -0.25) is 10.1 Å². The SMILES string of the molecule is O=[N+]([O-])C[C@@H]1c2ccccc2O[C@@H]2[C@H]1CCCN2c1ccccc1Cc1ccccc1. The van der Waals surface area contributed by atoms with E-state index in [-0.39, 0.29) is 29.5 Å². The number of anilines is 1. The predicted molar refractivity (Wildman–Crippen MR) is 121 cm³/mol.